The minimum atomic E-state index is -0.559. The third-order valence-electron chi connectivity index (χ3n) is 4.31. The van der Waals surface area contributed by atoms with Crippen LogP contribution in [0.25, 0.3) is 10.2 Å². The van der Waals surface area contributed by atoms with E-state index in [0.29, 0.717) is 16.4 Å². The topological polar surface area (TPSA) is 123 Å². The molecule has 0 bridgehead atoms. The zero-order chi connectivity index (χ0) is 21.3. The van der Waals surface area contributed by atoms with E-state index in [9.17, 15) is 14.9 Å². The van der Waals surface area contributed by atoms with Gasteiger partial charge in [0.25, 0.3) is 0 Å². The fourth-order valence-electron chi connectivity index (χ4n) is 2.87. The quantitative estimate of drug-likeness (QED) is 0.254. The number of aryl methyl sites for hydroxylation is 1. The molecule has 0 aliphatic heterocycles. The van der Waals surface area contributed by atoms with Gasteiger partial charge in [-0.25, -0.2) is 15.0 Å². The lowest BCUT2D eigenvalue weighted by Crippen LogP contribution is -2.05. The molecule has 0 aliphatic rings. The molecule has 2 aromatic carbocycles. The number of thiazole rings is 1. The monoisotopic (exact) mass is 420 g/mol. The second-order valence-electron chi connectivity index (χ2n) is 6.55. The Morgan fingerprint density at radius 1 is 1.10 bits per heavy atom. The zero-order valence-electron chi connectivity index (χ0n) is 16.0. The van der Waals surface area contributed by atoms with Gasteiger partial charge in [-0.15, -0.1) is 0 Å². The number of fused-ring (bicyclic) bond motifs is 1. The zero-order valence-corrected chi connectivity index (χ0v) is 16.9. The van der Waals surface area contributed by atoms with Gasteiger partial charge in [0.05, 0.1) is 15.1 Å². The number of nitrogens with one attached hydrogen (secondary N) is 2. The number of aromatic nitrogens is 3. The average Bonchev–Trinajstić information content (AvgIpc) is 3.09. The van der Waals surface area contributed by atoms with Crippen LogP contribution < -0.4 is 10.6 Å². The number of hydrogen-bond donors (Lipinski definition) is 2. The number of ketones is 1. The summed E-state index contributed by atoms with van der Waals surface area (Å²) >= 11 is 1.38. The van der Waals surface area contributed by atoms with Crippen LogP contribution in [0.1, 0.15) is 22.8 Å². The Hall–Kier alpha value is -3.92. The third-order valence-corrected chi connectivity index (χ3v) is 5.24. The maximum Gasteiger partial charge on any atom is 0.353 e. The van der Waals surface area contributed by atoms with Crippen molar-refractivity contribution in [1.82, 2.24) is 15.0 Å². The minimum Gasteiger partial charge on any atom is -0.334 e. The van der Waals surface area contributed by atoms with E-state index >= 15 is 0 Å². The lowest BCUT2D eigenvalue weighted by molar-refractivity contribution is -0.383. The first-order chi connectivity index (χ1) is 14.4. The SMILES string of the molecule is CC(=O)c1cccc(Nc2ncnc(Nc3nc4ccc(C)cc4s3)c2[N+](=O)[O-])c1. The number of anilines is 4. The Morgan fingerprint density at radius 2 is 1.87 bits per heavy atom. The van der Waals surface area contributed by atoms with E-state index in [1.165, 1.54) is 24.6 Å². The molecule has 10 heteroatoms. The molecule has 0 saturated heterocycles. The van der Waals surface area contributed by atoms with Crippen LogP contribution in [0, 0.1) is 17.0 Å². The summed E-state index contributed by atoms with van der Waals surface area (Å²) in [6, 6.07) is 12.5. The standard InChI is InChI=1S/C20H16N6O3S/c1-11-6-7-15-16(8-11)30-20(24-15)25-19-17(26(28)29)18(21-10-22-19)23-14-5-3-4-13(9-14)12(2)27/h3-10H,1-2H3,(H2,21,22,23,24,25). The maximum absolute atomic E-state index is 11.8. The molecule has 0 atom stereocenters. The van der Waals surface area contributed by atoms with Crippen molar-refractivity contribution in [2.45, 2.75) is 13.8 Å². The van der Waals surface area contributed by atoms with Gasteiger partial charge < -0.3 is 10.6 Å². The van der Waals surface area contributed by atoms with Crippen LogP contribution in [0.3, 0.4) is 0 Å². The first-order valence-electron chi connectivity index (χ1n) is 8.92. The molecule has 150 valence electrons. The number of benzene rings is 2. The minimum absolute atomic E-state index is 0.00941. The van der Waals surface area contributed by atoms with Crippen LogP contribution in [-0.2, 0) is 0 Å². The van der Waals surface area contributed by atoms with Crippen molar-refractivity contribution < 1.29 is 9.72 Å². The molecule has 0 spiro atoms. The van der Waals surface area contributed by atoms with Gasteiger partial charge in [0, 0.05) is 11.3 Å². The first kappa shape index (κ1) is 19.4. The average molecular weight is 420 g/mol. The Labute approximate surface area is 175 Å². The van der Waals surface area contributed by atoms with E-state index in [1.54, 1.807) is 24.3 Å². The molecule has 0 aliphatic carbocycles. The molecule has 0 radical (unpaired) electrons. The van der Waals surface area contributed by atoms with Crippen molar-refractivity contribution in [3.8, 4) is 0 Å². The Bertz CT molecular complexity index is 1290. The van der Waals surface area contributed by atoms with Crippen molar-refractivity contribution in [3.63, 3.8) is 0 Å². The van der Waals surface area contributed by atoms with E-state index in [2.05, 4.69) is 25.6 Å². The van der Waals surface area contributed by atoms with Gasteiger partial charge in [-0.2, -0.15) is 0 Å². The fourth-order valence-corrected chi connectivity index (χ4v) is 3.84. The van der Waals surface area contributed by atoms with Crippen LogP contribution in [0.4, 0.5) is 28.1 Å². The number of carbonyl (C=O) groups is 1. The Balaban J connectivity index is 1.69. The summed E-state index contributed by atoms with van der Waals surface area (Å²) in [5.41, 5.74) is 2.57. The lowest BCUT2D eigenvalue weighted by atomic mass is 10.1. The molecule has 0 saturated carbocycles. The summed E-state index contributed by atoms with van der Waals surface area (Å²) in [6.07, 6.45) is 1.23. The van der Waals surface area contributed by atoms with Crippen molar-refractivity contribution in [2.24, 2.45) is 0 Å². The van der Waals surface area contributed by atoms with Gasteiger partial charge in [0.15, 0.2) is 10.9 Å². The summed E-state index contributed by atoms with van der Waals surface area (Å²) < 4.78 is 0.966. The van der Waals surface area contributed by atoms with Gasteiger partial charge in [-0.05, 0) is 43.7 Å². The largest absolute Gasteiger partial charge is 0.353 e. The number of hydrogen-bond acceptors (Lipinski definition) is 9. The number of nitro groups is 1. The second-order valence-corrected chi connectivity index (χ2v) is 7.58. The van der Waals surface area contributed by atoms with Crippen molar-refractivity contribution in [3.05, 3.63) is 70.0 Å². The molecule has 4 rings (SSSR count). The molecule has 0 amide bonds. The highest BCUT2D eigenvalue weighted by molar-refractivity contribution is 7.22. The van der Waals surface area contributed by atoms with Crippen molar-refractivity contribution >= 4 is 55.5 Å². The molecular formula is C20H16N6O3S. The number of carbonyl (C=O) groups excluding carboxylic acids is 1. The fraction of sp³-hybridized carbons (Fsp3) is 0.100. The molecule has 2 aromatic heterocycles. The van der Waals surface area contributed by atoms with Gasteiger partial charge >= 0.3 is 5.69 Å². The van der Waals surface area contributed by atoms with Crippen LogP contribution in [0.5, 0.6) is 0 Å². The molecule has 9 nitrogen and oxygen atoms in total. The van der Waals surface area contributed by atoms with Crippen molar-refractivity contribution in [2.75, 3.05) is 10.6 Å². The highest BCUT2D eigenvalue weighted by atomic mass is 32.1. The molecule has 2 N–H and O–H groups in total. The van der Waals surface area contributed by atoms with Crippen molar-refractivity contribution in [1.29, 1.82) is 0 Å². The van der Waals surface area contributed by atoms with Crippen LogP contribution in [-0.4, -0.2) is 25.7 Å². The van der Waals surface area contributed by atoms with E-state index in [0.717, 1.165) is 15.8 Å². The van der Waals surface area contributed by atoms with E-state index in [-0.39, 0.29) is 23.1 Å². The normalized spacial score (nSPS) is 10.7. The number of nitrogens with zero attached hydrogens (tertiary/aromatic N) is 4. The molecule has 0 unspecified atom stereocenters. The molecular weight excluding hydrogens is 404 g/mol. The van der Waals surface area contributed by atoms with Gasteiger partial charge in [0.2, 0.25) is 11.6 Å². The highest BCUT2D eigenvalue weighted by Crippen LogP contribution is 2.35. The third kappa shape index (κ3) is 3.94. The summed E-state index contributed by atoms with van der Waals surface area (Å²) in [5.74, 6) is -0.0737. The first-order valence-corrected chi connectivity index (χ1v) is 9.74. The smallest absolute Gasteiger partial charge is 0.334 e. The van der Waals surface area contributed by atoms with E-state index < -0.39 is 4.92 Å². The predicted molar refractivity (Wildman–Crippen MR) is 116 cm³/mol. The highest BCUT2D eigenvalue weighted by Gasteiger charge is 2.24. The second kappa shape index (κ2) is 7.84. The van der Waals surface area contributed by atoms with E-state index in [1.807, 2.05) is 25.1 Å². The summed E-state index contributed by atoms with van der Waals surface area (Å²) in [7, 11) is 0. The number of rotatable bonds is 6. The van der Waals surface area contributed by atoms with E-state index in [4.69, 9.17) is 0 Å². The van der Waals surface area contributed by atoms with Crippen LogP contribution >= 0.6 is 11.3 Å². The predicted octanol–water partition coefficient (Wildman–Crippen LogP) is 4.99. The van der Waals surface area contributed by atoms with Gasteiger partial charge in [-0.3, -0.25) is 14.9 Å². The Morgan fingerprint density at radius 3 is 2.60 bits per heavy atom. The molecule has 30 heavy (non-hydrogen) atoms. The maximum atomic E-state index is 11.8. The summed E-state index contributed by atoms with van der Waals surface area (Å²) in [5, 5.41) is 18.1. The number of Topliss-reactive ketones (excluding diaryl/α,β-unsaturated/α-hetero) is 1. The van der Waals surface area contributed by atoms with Crippen LogP contribution in [0.2, 0.25) is 0 Å². The molecule has 4 aromatic rings. The summed E-state index contributed by atoms with van der Waals surface area (Å²) in [4.78, 5) is 35.4. The van der Waals surface area contributed by atoms with Crippen LogP contribution in [0.15, 0.2) is 48.8 Å². The van der Waals surface area contributed by atoms with Gasteiger partial charge in [0.1, 0.15) is 6.33 Å². The summed E-state index contributed by atoms with van der Waals surface area (Å²) in [6.45, 7) is 3.44. The van der Waals surface area contributed by atoms with Gasteiger partial charge in [-0.1, -0.05) is 29.5 Å². The molecule has 0 fully saturated rings. The lowest BCUT2D eigenvalue weighted by Gasteiger charge is -2.09. The molecule has 2 heterocycles. The Kier molecular flexibility index (Phi) is 5.07.